The molecule has 2 heterocycles. The van der Waals surface area contributed by atoms with E-state index in [1.165, 1.54) is 12.3 Å². The van der Waals surface area contributed by atoms with Crippen molar-refractivity contribution in [2.24, 2.45) is 4.99 Å². The van der Waals surface area contributed by atoms with Gasteiger partial charge in [0.1, 0.15) is 34.6 Å². The number of aliphatic imine (C=N–C) groups is 1. The van der Waals surface area contributed by atoms with Crippen molar-refractivity contribution in [2.75, 3.05) is 20.8 Å². The molecule has 7 nitrogen and oxygen atoms in total. The Balaban J connectivity index is 1.44. The molecule has 238 valence electrons. The number of hydrogen-bond donors (Lipinski definition) is 1. The summed E-state index contributed by atoms with van der Waals surface area (Å²) in [7, 11) is 3.27. The lowest BCUT2D eigenvalue weighted by Crippen LogP contribution is -2.50. The minimum atomic E-state index is -0.961. The highest BCUT2D eigenvalue weighted by atomic mass is 19.1. The van der Waals surface area contributed by atoms with Crippen LogP contribution in [0.2, 0.25) is 0 Å². The van der Waals surface area contributed by atoms with Gasteiger partial charge >= 0.3 is 0 Å². The number of aromatic nitrogens is 1. The number of pyridine rings is 1. The van der Waals surface area contributed by atoms with E-state index in [2.05, 4.69) is 34.3 Å². The van der Waals surface area contributed by atoms with Crippen LogP contribution in [0.1, 0.15) is 52.4 Å². The Morgan fingerprint density at radius 2 is 1.44 bits per heavy atom. The zero-order chi connectivity index (χ0) is 33.6. The third-order valence-electron chi connectivity index (χ3n) is 8.50. The van der Waals surface area contributed by atoms with Crippen LogP contribution in [0.25, 0.3) is 0 Å². The number of ether oxygens (including phenoxy) is 3. The Labute approximate surface area is 279 Å². The quantitative estimate of drug-likeness (QED) is 0.152. The van der Waals surface area contributed by atoms with E-state index in [1.54, 1.807) is 38.5 Å². The minimum absolute atomic E-state index is 0.275. The molecule has 0 bridgehead atoms. The van der Waals surface area contributed by atoms with E-state index in [0.29, 0.717) is 35.4 Å². The highest BCUT2D eigenvalue weighted by Gasteiger charge is 2.41. The molecular weight excluding hydrogens is 603 g/mol. The molecule has 0 radical (unpaired) electrons. The zero-order valence-corrected chi connectivity index (χ0v) is 26.8. The second kappa shape index (κ2) is 13.7. The number of nitriles is 1. The maximum atomic E-state index is 15.6. The van der Waals surface area contributed by atoms with Crippen molar-refractivity contribution in [3.63, 3.8) is 0 Å². The van der Waals surface area contributed by atoms with Gasteiger partial charge in [-0.2, -0.15) is 5.26 Å². The normalized spacial score (nSPS) is 15.5. The van der Waals surface area contributed by atoms with Gasteiger partial charge in [0, 0.05) is 23.7 Å². The van der Waals surface area contributed by atoms with Crippen LogP contribution in [-0.2, 0) is 15.8 Å². The van der Waals surface area contributed by atoms with E-state index in [9.17, 15) is 0 Å². The summed E-state index contributed by atoms with van der Waals surface area (Å²) in [5.74, 6) is 7.14. The van der Waals surface area contributed by atoms with Crippen LogP contribution in [0.3, 0.4) is 0 Å². The van der Waals surface area contributed by atoms with Crippen molar-refractivity contribution in [1.82, 2.24) is 10.3 Å². The molecular formula is C40H33FN4O3. The lowest BCUT2D eigenvalue weighted by Gasteiger charge is -2.40. The Morgan fingerprint density at radius 1 is 0.812 bits per heavy atom. The van der Waals surface area contributed by atoms with Crippen molar-refractivity contribution in [3.8, 4) is 29.4 Å². The highest BCUT2D eigenvalue weighted by Crippen LogP contribution is 2.40. The molecule has 5 aromatic rings. The van der Waals surface area contributed by atoms with Crippen molar-refractivity contribution >= 4 is 6.02 Å². The Hall–Kier alpha value is -6.12. The Bertz CT molecular complexity index is 1980. The highest BCUT2D eigenvalue weighted by molar-refractivity contribution is 5.78. The molecule has 48 heavy (non-hydrogen) atoms. The van der Waals surface area contributed by atoms with E-state index in [1.807, 2.05) is 79.7 Å². The fourth-order valence-electron chi connectivity index (χ4n) is 5.85. The van der Waals surface area contributed by atoms with Gasteiger partial charge in [0.15, 0.2) is 0 Å². The van der Waals surface area contributed by atoms with Gasteiger partial charge < -0.3 is 19.5 Å². The number of halogens is 1. The van der Waals surface area contributed by atoms with Crippen molar-refractivity contribution in [3.05, 3.63) is 160 Å². The third kappa shape index (κ3) is 6.42. The summed E-state index contributed by atoms with van der Waals surface area (Å²) in [6.45, 7) is 2.21. The molecule has 1 aromatic heterocycles. The number of benzene rings is 4. The molecule has 1 aliphatic heterocycles. The molecule has 0 fully saturated rings. The van der Waals surface area contributed by atoms with Crippen LogP contribution in [0.15, 0.2) is 120 Å². The van der Waals surface area contributed by atoms with Gasteiger partial charge in [0.2, 0.25) is 0 Å². The number of rotatable bonds is 7. The summed E-state index contributed by atoms with van der Waals surface area (Å²) in [4.78, 5) is 9.27. The second-order valence-electron chi connectivity index (χ2n) is 11.5. The van der Waals surface area contributed by atoms with Crippen LogP contribution in [0, 0.1) is 29.0 Å². The first-order chi connectivity index (χ1) is 23.4. The first kappa shape index (κ1) is 31.8. The fraction of sp³-hybridized carbons (Fsp3) is 0.175. The van der Waals surface area contributed by atoms with Gasteiger partial charge in [-0.25, -0.2) is 14.4 Å². The molecule has 0 amide bonds. The topological polar surface area (TPSA) is 88.8 Å². The molecule has 4 aromatic carbocycles. The number of hydrogen-bond acceptors (Lipinski definition) is 7. The lowest BCUT2D eigenvalue weighted by molar-refractivity contribution is 0.202. The van der Waals surface area contributed by atoms with Crippen molar-refractivity contribution in [1.29, 1.82) is 5.26 Å². The molecule has 0 aliphatic carbocycles. The van der Waals surface area contributed by atoms with Gasteiger partial charge in [-0.3, -0.25) is 0 Å². The van der Waals surface area contributed by atoms with Gasteiger partial charge in [-0.15, -0.1) is 0 Å². The predicted octanol–water partition coefficient (Wildman–Crippen LogP) is 7.08. The molecule has 0 saturated carbocycles. The summed E-state index contributed by atoms with van der Waals surface area (Å²) >= 11 is 0. The summed E-state index contributed by atoms with van der Waals surface area (Å²) in [6.07, 6.45) is 1.92. The number of nitrogens with zero attached hydrogens (tertiary/aromatic N) is 3. The molecule has 1 N–H and O–H groups in total. The summed E-state index contributed by atoms with van der Waals surface area (Å²) in [5, 5.41) is 12.7. The minimum Gasteiger partial charge on any atom is -0.497 e. The van der Waals surface area contributed by atoms with Gasteiger partial charge in [0.25, 0.3) is 6.02 Å². The van der Waals surface area contributed by atoms with Crippen LogP contribution in [-0.4, -0.2) is 31.8 Å². The van der Waals surface area contributed by atoms with Gasteiger partial charge in [0.05, 0.1) is 31.9 Å². The first-order valence-corrected chi connectivity index (χ1v) is 15.4. The van der Waals surface area contributed by atoms with E-state index in [-0.39, 0.29) is 11.8 Å². The maximum absolute atomic E-state index is 15.6. The monoisotopic (exact) mass is 636 g/mol. The molecule has 0 spiro atoms. The number of methoxy groups -OCH3 is 2. The maximum Gasteiger partial charge on any atom is 0.286 e. The average Bonchev–Trinajstić information content (AvgIpc) is 3.14. The number of amidine groups is 1. The first-order valence-electron chi connectivity index (χ1n) is 15.4. The predicted molar refractivity (Wildman–Crippen MR) is 182 cm³/mol. The van der Waals surface area contributed by atoms with Crippen LogP contribution in [0.4, 0.5) is 4.39 Å². The lowest BCUT2D eigenvalue weighted by atomic mass is 9.77. The number of nitrogens with one attached hydrogen (secondary N) is 1. The van der Waals surface area contributed by atoms with Crippen molar-refractivity contribution < 1.29 is 18.6 Å². The Kier molecular flexibility index (Phi) is 9.09. The van der Waals surface area contributed by atoms with Gasteiger partial charge in [-0.1, -0.05) is 60.5 Å². The van der Waals surface area contributed by atoms with E-state index >= 15 is 4.39 Å². The zero-order valence-electron chi connectivity index (χ0n) is 26.8. The molecule has 1 atom stereocenters. The van der Waals surface area contributed by atoms with Crippen LogP contribution >= 0.6 is 0 Å². The molecule has 6 rings (SSSR count). The van der Waals surface area contributed by atoms with Crippen LogP contribution in [0.5, 0.6) is 11.5 Å². The SMILES string of the molecule is COc1ccc(C(NC2=N[C@](C)(c3cc(C#Cc4ccc(C#N)cn4)ccc3F)CCO2)(c2ccccc2)c2ccc(OC)cc2)cc1. The average molecular weight is 637 g/mol. The second-order valence-corrected chi connectivity index (χ2v) is 11.5. The van der Waals surface area contributed by atoms with Crippen LogP contribution < -0.4 is 14.8 Å². The van der Waals surface area contributed by atoms with Crippen molar-refractivity contribution in [2.45, 2.75) is 24.4 Å². The van der Waals surface area contributed by atoms with E-state index < -0.39 is 11.1 Å². The van der Waals surface area contributed by atoms with E-state index in [0.717, 1.165) is 28.2 Å². The third-order valence-corrected chi connectivity index (χ3v) is 8.50. The fourth-order valence-corrected chi connectivity index (χ4v) is 5.85. The van der Waals surface area contributed by atoms with Gasteiger partial charge in [-0.05, 0) is 84.1 Å². The van der Waals surface area contributed by atoms with E-state index in [4.69, 9.17) is 24.5 Å². The standard InChI is InChI=1S/C40H33FN4O3/c1-39(36-25-28(11-22-37(36)41)9-16-33-17-10-29(26-42)27-43-33)23-24-48-38(44-39)45-40(30-7-5-4-6-8-30,31-12-18-34(46-2)19-13-31)32-14-20-35(47-3)21-15-32/h4-8,10-15,17-22,25,27H,23-24H2,1-3H3,(H,44,45)/t39-/m0/s1. The molecule has 0 saturated heterocycles. The Morgan fingerprint density at radius 3 is 2.02 bits per heavy atom. The molecule has 1 aliphatic rings. The summed E-state index contributed by atoms with van der Waals surface area (Å²) in [5.41, 5.74) is 2.84. The largest absolute Gasteiger partial charge is 0.497 e. The molecule has 8 heteroatoms. The smallest absolute Gasteiger partial charge is 0.286 e. The molecule has 0 unspecified atom stereocenters. The summed E-state index contributed by atoms with van der Waals surface area (Å²) in [6, 6.07) is 36.2. The summed E-state index contributed by atoms with van der Waals surface area (Å²) < 4.78 is 32.8.